The first-order valence-corrected chi connectivity index (χ1v) is 7.41. The van der Waals surface area contributed by atoms with Crippen molar-refractivity contribution in [2.24, 2.45) is 4.99 Å². The number of aromatic amines is 1. The highest BCUT2D eigenvalue weighted by atomic mass is 35.5. The van der Waals surface area contributed by atoms with E-state index in [1.54, 1.807) is 18.6 Å². The summed E-state index contributed by atoms with van der Waals surface area (Å²) in [5, 5.41) is 12.4. The third kappa shape index (κ3) is 2.00. The summed E-state index contributed by atoms with van der Waals surface area (Å²) in [4.78, 5) is 4.53. The van der Waals surface area contributed by atoms with E-state index >= 15 is 0 Å². The molecular weight excluding hydrogens is 319 g/mol. The van der Waals surface area contributed by atoms with Gasteiger partial charge in [-0.25, -0.2) is 0 Å². The van der Waals surface area contributed by atoms with Crippen LogP contribution in [0.3, 0.4) is 0 Å². The zero-order valence-electron chi connectivity index (χ0n) is 11.3. The fourth-order valence-electron chi connectivity index (χ4n) is 2.59. The molecular formula is C16H10Cl2N4. The Kier molecular flexibility index (Phi) is 3.13. The summed E-state index contributed by atoms with van der Waals surface area (Å²) in [6.45, 7) is 0. The fourth-order valence-corrected chi connectivity index (χ4v) is 3.06. The van der Waals surface area contributed by atoms with Crippen LogP contribution in [0.15, 0.2) is 53.9 Å². The lowest BCUT2D eigenvalue weighted by Gasteiger charge is -2.13. The number of halogens is 2. The Hall–Kier alpha value is -2.30. The van der Waals surface area contributed by atoms with E-state index in [1.807, 2.05) is 30.3 Å². The van der Waals surface area contributed by atoms with Gasteiger partial charge in [0.1, 0.15) is 0 Å². The van der Waals surface area contributed by atoms with Crippen LogP contribution in [0.4, 0.5) is 5.69 Å². The molecule has 0 saturated carbocycles. The van der Waals surface area contributed by atoms with Gasteiger partial charge in [0.25, 0.3) is 0 Å². The Morgan fingerprint density at radius 3 is 2.73 bits per heavy atom. The lowest BCUT2D eigenvalue weighted by Crippen LogP contribution is -2.06. The Balaban J connectivity index is 2.05. The van der Waals surface area contributed by atoms with E-state index in [1.165, 1.54) is 0 Å². The predicted octanol–water partition coefficient (Wildman–Crippen LogP) is 4.60. The summed E-state index contributed by atoms with van der Waals surface area (Å²) < 4.78 is 0. The maximum atomic E-state index is 6.37. The molecule has 2 aromatic carbocycles. The third-order valence-corrected chi connectivity index (χ3v) is 4.21. The van der Waals surface area contributed by atoms with E-state index in [0.717, 1.165) is 33.4 Å². The number of hydrogen-bond acceptors (Lipinski definition) is 3. The van der Waals surface area contributed by atoms with E-state index < -0.39 is 0 Å². The first kappa shape index (κ1) is 13.4. The predicted molar refractivity (Wildman–Crippen MR) is 91.0 cm³/mol. The molecule has 0 fully saturated rings. The van der Waals surface area contributed by atoms with Crippen LogP contribution < -0.4 is 5.32 Å². The van der Waals surface area contributed by atoms with Gasteiger partial charge >= 0.3 is 0 Å². The molecule has 4 nitrogen and oxygen atoms in total. The minimum absolute atomic E-state index is 0.592. The smallest absolute Gasteiger partial charge is 0.0857 e. The van der Waals surface area contributed by atoms with Gasteiger partial charge in [-0.1, -0.05) is 41.4 Å². The van der Waals surface area contributed by atoms with Crippen LogP contribution in [0.1, 0.15) is 11.1 Å². The topological polar surface area (TPSA) is 53.1 Å². The van der Waals surface area contributed by atoms with Crippen molar-refractivity contribution < 1.29 is 0 Å². The van der Waals surface area contributed by atoms with Crippen LogP contribution in [0.25, 0.3) is 10.9 Å². The van der Waals surface area contributed by atoms with Crippen molar-refractivity contribution in [3.8, 4) is 0 Å². The number of nitrogens with one attached hydrogen (secondary N) is 2. The molecule has 0 radical (unpaired) electrons. The summed E-state index contributed by atoms with van der Waals surface area (Å²) in [5.41, 5.74) is 4.21. The number of anilines is 1. The Morgan fingerprint density at radius 1 is 1.00 bits per heavy atom. The molecule has 0 aliphatic carbocycles. The Morgan fingerprint density at radius 2 is 1.86 bits per heavy atom. The minimum atomic E-state index is 0.592. The van der Waals surface area contributed by atoms with Crippen molar-refractivity contribution in [1.82, 2.24) is 10.2 Å². The summed E-state index contributed by atoms with van der Waals surface area (Å²) in [5.74, 6) is 0. The van der Waals surface area contributed by atoms with Crippen molar-refractivity contribution in [3.05, 3.63) is 70.1 Å². The van der Waals surface area contributed by atoms with Gasteiger partial charge in [-0.3, -0.25) is 10.1 Å². The number of aliphatic imine (C=N–C) groups is 1. The molecule has 0 spiro atoms. The number of rotatable bonds is 1. The summed E-state index contributed by atoms with van der Waals surface area (Å²) in [7, 11) is 0. The quantitative estimate of drug-likeness (QED) is 0.685. The molecule has 2 heterocycles. The number of nitrogens with zero attached hydrogens (tertiary/aromatic N) is 2. The van der Waals surface area contributed by atoms with Gasteiger partial charge in [0.05, 0.1) is 28.1 Å². The molecule has 0 amide bonds. The second kappa shape index (κ2) is 5.16. The SMILES string of the molecule is Clc1ccccc1C1=NC=CNc2c1cc(Cl)c1[nH]ncc21. The maximum Gasteiger partial charge on any atom is 0.0857 e. The summed E-state index contributed by atoms with van der Waals surface area (Å²) in [6, 6.07) is 9.49. The second-order valence-electron chi connectivity index (χ2n) is 4.86. The molecule has 6 heteroatoms. The molecule has 1 aromatic heterocycles. The van der Waals surface area contributed by atoms with Crippen molar-refractivity contribution >= 4 is 45.5 Å². The summed E-state index contributed by atoms with van der Waals surface area (Å²) >= 11 is 12.7. The number of fused-ring (bicyclic) bond motifs is 3. The van der Waals surface area contributed by atoms with Gasteiger partial charge in [0.2, 0.25) is 0 Å². The summed E-state index contributed by atoms with van der Waals surface area (Å²) in [6.07, 6.45) is 5.23. The highest BCUT2D eigenvalue weighted by molar-refractivity contribution is 6.39. The van der Waals surface area contributed by atoms with Crippen molar-refractivity contribution in [1.29, 1.82) is 0 Å². The van der Waals surface area contributed by atoms with E-state index in [2.05, 4.69) is 20.5 Å². The highest BCUT2D eigenvalue weighted by Gasteiger charge is 2.20. The number of H-pyrrole nitrogens is 1. The first-order chi connectivity index (χ1) is 10.8. The lowest BCUT2D eigenvalue weighted by atomic mass is 9.98. The second-order valence-corrected chi connectivity index (χ2v) is 5.67. The molecule has 3 aromatic rings. The van der Waals surface area contributed by atoms with Gasteiger partial charge in [-0.2, -0.15) is 5.10 Å². The maximum absolute atomic E-state index is 6.37. The Bertz CT molecular complexity index is 940. The molecule has 0 atom stereocenters. The molecule has 108 valence electrons. The van der Waals surface area contributed by atoms with E-state index in [4.69, 9.17) is 23.2 Å². The number of hydrogen-bond donors (Lipinski definition) is 2. The molecule has 1 aliphatic rings. The van der Waals surface area contributed by atoms with Crippen molar-refractivity contribution in [3.63, 3.8) is 0 Å². The minimum Gasteiger partial charge on any atom is -0.359 e. The van der Waals surface area contributed by atoms with Crippen LogP contribution in [0.2, 0.25) is 10.0 Å². The van der Waals surface area contributed by atoms with Crippen molar-refractivity contribution in [2.75, 3.05) is 5.32 Å². The Labute approximate surface area is 136 Å². The average molecular weight is 329 g/mol. The zero-order valence-corrected chi connectivity index (χ0v) is 12.8. The monoisotopic (exact) mass is 328 g/mol. The molecule has 0 bridgehead atoms. The van der Waals surface area contributed by atoms with Crippen LogP contribution in [0.5, 0.6) is 0 Å². The number of aromatic nitrogens is 2. The van der Waals surface area contributed by atoms with Gasteiger partial charge < -0.3 is 5.32 Å². The highest BCUT2D eigenvalue weighted by Crippen LogP contribution is 2.35. The van der Waals surface area contributed by atoms with Gasteiger partial charge in [-0.05, 0) is 12.1 Å². The molecule has 0 unspecified atom stereocenters. The molecule has 22 heavy (non-hydrogen) atoms. The van der Waals surface area contributed by atoms with E-state index in [-0.39, 0.29) is 0 Å². The van der Waals surface area contributed by atoms with Crippen molar-refractivity contribution in [2.45, 2.75) is 0 Å². The average Bonchev–Trinajstić information content (AvgIpc) is 2.92. The first-order valence-electron chi connectivity index (χ1n) is 6.66. The lowest BCUT2D eigenvalue weighted by molar-refractivity contribution is 1.12. The van der Waals surface area contributed by atoms with Crippen LogP contribution >= 0.6 is 23.2 Å². The normalized spacial score (nSPS) is 13.5. The fraction of sp³-hybridized carbons (Fsp3) is 0. The standard InChI is InChI=1S/C16H10Cl2N4/c17-12-4-2-1-3-9(12)14-10-7-13(18)16-11(8-21-22-16)15(10)20-6-5-19-14/h1-8,20H,(H,21,22). The van der Waals surface area contributed by atoms with Crippen LogP contribution in [-0.4, -0.2) is 15.9 Å². The number of benzene rings is 2. The van der Waals surface area contributed by atoms with E-state index in [9.17, 15) is 0 Å². The molecule has 0 saturated heterocycles. The molecule has 2 N–H and O–H groups in total. The molecule has 4 rings (SSSR count). The molecule has 1 aliphatic heterocycles. The van der Waals surface area contributed by atoms with Crippen LogP contribution in [-0.2, 0) is 0 Å². The van der Waals surface area contributed by atoms with Gasteiger partial charge in [0.15, 0.2) is 0 Å². The third-order valence-electron chi connectivity index (χ3n) is 3.58. The largest absolute Gasteiger partial charge is 0.359 e. The zero-order chi connectivity index (χ0) is 15.1. The van der Waals surface area contributed by atoms with Gasteiger partial charge in [0, 0.05) is 33.9 Å². The van der Waals surface area contributed by atoms with Crippen LogP contribution in [0, 0.1) is 0 Å². The van der Waals surface area contributed by atoms with Gasteiger partial charge in [-0.15, -0.1) is 0 Å². The van der Waals surface area contributed by atoms with E-state index in [0.29, 0.717) is 10.0 Å².